The Hall–Kier alpha value is -1.15. The Labute approximate surface area is 138 Å². The van der Waals surface area contributed by atoms with Gasteiger partial charge in [-0.1, -0.05) is 48.7 Å². The first-order valence-electron chi connectivity index (χ1n) is 6.19. The minimum Gasteiger partial charge on any atom is -0.482 e. The topological polar surface area (TPSA) is 62.1 Å². The molecule has 0 spiro atoms. The molecule has 114 valence electrons. The van der Waals surface area contributed by atoms with Gasteiger partial charge >= 0.3 is 0 Å². The second-order valence-electron chi connectivity index (χ2n) is 5.00. The van der Waals surface area contributed by atoms with Crippen molar-refractivity contribution in [3.8, 4) is 11.8 Å². The molecular weight excluding hydrogens is 335 g/mol. The second-order valence-corrected chi connectivity index (χ2v) is 6.22. The third-order valence-corrected chi connectivity index (χ3v) is 4.14. The van der Waals surface area contributed by atoms with Gasteiger partial charge in [-0.05, 0) is 18.9 Å². The van der Waals surface area contributed by atoms with Gasteiger partial charge in [0.05, 0.1) is 21.1 Å². The number of rotatable bonds is 5. The quantitative estimate of drug-likeness (QED) is 0.815. The molecule has 0 unspecified atom stereocenters. The normalized spacial score (nSPS) is 13.4. The first-order chi connectivity index (χ1) is 9.69. The molecule has 0 aliphatic carbocycles. The van der Waals surface area contributed by atoms with Crippen LogP contribution in [0.1, 0.15) is 20.8 Å². The van der Waals surface area contributed by atoms with Crippen LogP contribution in [0, 0.1) is 17.2 Å². The number of nitrogens with one attached hydrogen (secondary N) is 1. The number of ether oxygens (including phenoxy) is 1. The number of hydrogen-bond donors (Lipinski definition) is 1. The van der Waals surface area contributed by atoms with Gasteiger partial charge in [-0.2, -0.15) is 5.26 Å². The highest BCUT2D eigenvalue weighted by molar-refractivity contribution is 6.43. The highest BCUT2D eigenvalue weighted by Gasteiger charge is 2.30. The van der Waals surface area contributed by atoms with Crippen molar-refractivity contribution >= 4 is 40.7 Å². The van der Waals surface area contributed by atoms with Crippen molar-refractivity contribution in [3.63, 3.8) is 0 Å². The van der Waals surface area contributed by atoms with Crippen molar-refractivity contribution in [3.05, 3.63) is 27.2 Å². The van der Waals surface area contributed by atoms with Crippen molar-refractivity contribution < 1.29 is 9.53 Å². The molecule has 1 aromatic carbocycles. The van der Waals surface area contributed by atoms with E-state index in [4.69, 9.17) is 44.8 Å². The zero-order valence-electron chi connectivity index (χ0n) is 11.8. The molecule has 7 heteroatoms. The van der Waals surface area contributed by atoms with E-state index in [0.717, 1.165) is 0 Å². The molecule has 0 aliphatic rings. The van der Waals surface area contributed by atoms with Crippen LogP contribution in [0.4, 0.5) is 0 Å². The largest absolute Gasteiger partial charge is 0.482 e. The maximum Gasteiger partial charge on any atom is 0.259 e. The van der Waals surface area contributed by atoms with E-state index in [1.807, 2.05) is 13.8 Å². The number of benzene rings is 1. The van der Waals surface area contributed by atoms with Crippen LogP contribution in [-0.2, 0) is 4.79 Å². The Morgan fingerprint density at radius 2 is 1.90 bits per heavy atom. The maximum absolute atomic E-state index is 11.9. The lowest BCUT2D eigenvalue weighted by molar-refractivity contribution is -0.124. The fraction of sp³-hybridized carbons (Fsp3) is 0.429. The van der Waals surface area contributed by atoms with Gasteiger partial charge in [-0.25, -0.2) is 0 Å². The lowest BCUT2D eigenvalue weighted by Crippen LogP contribution is -2.50. The van der Waals surface area contributed by atoms with Crippen LogP contribution < -0.4 is 10.1 Å². The van der Waals surface area contributed by atoms with E-state index in [1.165, 1.54) is 12.1 Å². The molecule has 0 radical (unpaired) electrons. The standard InChI is InChI=1S/C14H15Cl3N2O2/c1-8(2)14(3,7-18)19-13(20)6-21-12-5-10(16)9(15)4-11(12)17/h4-5,8H,6H2,1-3H3,(H,19,20)/t14-/m1/s1. The summed E-state index contributed by atoms with van der Waals surface area (Å²) in [7, 11) is 0. The van der Waals surface area contributed by atoms with Crippen LogP contribution >= 0.6 is 34.8 Å². The van der Waals surface area contributed by atoms with Crippen molar-refractivity contribution in [2.75, 3.05) is 6.61 Å². The third kappa shape index (κ3) is 4.67. The summed E-state index contributed by atoms with van der Waals surface area (Å²) >= 11 is 17.6. The SMILES string of the molecule is CC(C)[C@@](C)(C#N)NC(=O)COc1cc(Cl)c(Cl)cc1Cl. The van der Waals surface area contributed by atoms with Crippen molar-refractivity contribution in [2.45, 2.75) is 26.3 Å². The van der Waals surface area contributed by atoms with E-state index in [9.17, 15) is 4.79 Å². The van der Waals surface area contributed by atoms with Crippen LogP contribution in [0.3, 0.4) is 0 Å². The highest BCUT2D eigenvalue weighted by atomic mass is 35.5. The third-order valence-electron chi connectivity index (χ3n) is 3.12. The van der Waals surface area contributed by atoms with Crippen LogP contribution in [0.25, 0.3) is 0 Å². The fourth-order valence-electron chi connectivity index (χ4n) is 1.39. The molecule has 4 nitrogen and oxygen atoms in total. The van der Waals surface area contributed by atoms with Gasteiger partial charge in [0.25, 0.3) is 5.91 Å². The van der Waals surface area contributed by atoms with E-state index < -0.39 is 11.4 Å². The summed E-state index contributed by atoms with van der Waals surface area (Å²) in [5, 5.41) is 12.6. The first kappa shape index (κ1) is 17.9. The van der Waals surface area contributed by atoms with Crippen LogP contribution in [-0.4, -0.2) is 18.1 Å². The fourth-order valence-corrected chi connectivity index (χ4v) is 1.98. The number of amides is 1. The van der Waals surface area contributed by atoms with E-state index in [2.05, 4.69) is 11.4 Å². The Bertz CT molecular complexity index is 584. The van der Waals surface area contributed by atoms with Gasteiger partial charge in [0, 0.05) is 6.07 Å². The van der Waals surface area contributed by atoms with E-state index in [1.54, 1.807) is 6.92 Å². The van der Waals surface area contributed by atoms with Crippen LogP contribution in [0.2, 0.25) is 15.1 Å². The summed E-state index contributed by atoms with van der Waals surface area (Å²) in [4.78, 5) is 11.9. The molecule has 0 bridgehead atoms. The molecule has 1 aromatic rings. The molecule has 0 saturated carbocycles. The minimum absolute atomic E-state index is 0.0417. The van der Waals surface area contributed by atoms with Crippen molar-refractivity contribution in [2.24, 2.45) is 5.92 Å². The average Bonchev–Trinajstić information content (AvgIpc) is 2.41. The van der Waals surface area contributed by atoms with Gasteiger partial charge in [-0.15, -0.1) is 0 Å². The number of halogens is 3. The molecule has 1 rings (SSSR count). The Kier molecular flexibility index (Phi) is 6.15. The van der Waals surface area contributed by atoms with Crippen molar-refractivity contribution in [1.29, 1.82) is 5.26 Å². The summed E-state index contributed by atoms with van der Waals surface area (Å²) in [6.07, 6.45) is 0. The molecule has 0 aromatic heterocycles. The zero-order chi connectivity index (χ0) is 16.2. The molecular formula is C14H15Cl3N2O2. The molecule has 0 saturated heterocycles. The highest BCUT2D eigenvalue weighted by Crippen LogP contribution is 2.33. The Morgan fingerprint density at radius 1 is 1.33 bits per heavy atom. The lowest BCUT2D eigenvalue weighted by Gasteiger charge is -2.27. The molecule has 21 heavy (non-hydrogen) atoms. The van der Waals surface area contributed by atoms with Gasteiger partial charge in [0.1, 0.15) is 11.3 Å². The summed E-state index contributed by atoms with van der Waals surface area (Å²) in [5.41, 5.74) is -0.956. The monoisotopic (exact) mass is 348 g/mol. The number of nitrogens with zero attached hydrogens (tertiary/aromatic N) is 1. The second kappa shape index (κ2) is 7.22. The molecule has 0 fully saturated rings. The summed E-state index contributed by atoms with van der Waals surface area (Å²) in [6.45, 7) is 5.07. The molecule has 0 heterocycles. The summed E-state index contributed by atoms with van der Waals surface area (Å²) in [5.74, 6) is -0.209. The van der Waals surface area contributed by atoms with E-state index in [-0.39, 0.29) is 28.3 Å². The molecule has 1 N–H and O–H groups in total. The van der Waals surface area contributed by atoms with Crippen LogP contribution in [0.15, 0.2) is 12.1 Å². The number of carbonyl (C=O) groups is 1. The van der Waals surface area contributed by atoms with Gasteiger partial charge in [-0.3, -0.25) is 4.79 Å². The maximum atomic E-state index is 11.9. The predicted octanol–water partition coefficient (Wildman–Crippen LogP) is 4.08. The zero-order valence-corrected chi connectivity index (χ0v) is 14.1. The van der Waals surface area contributed by atoms with Crippen molar-refractivity contribution in [1.82, 2.24) is 5.32 Å². The predicted molar refractivity (Wildman–Crippen MR) is 84.0 cm³/mol. The number of carbonyl (C=O) groups excluding carboxylic acids is 1. The van der Waals surface area contributed by atoms with Crippen LogP contribution in [0.5, 0.6) is 5.75 Å². The summed E-state index contributed by atoms with van der Waals surface area (Å²) < 4.78 is 5.31. The average molecular weight is 350 g/mol. The van der Waals surface area contributed by atoms with E-state index >= 15 is 0 Å². The first-order valence-corrected chi connectivity index (χ1v) is 7.32. The Balaban J connectivity index is 2.70. The molecule has 1 atom stereocenters. The summed E-state index contributed by atoms with van der Waals surface area (Å²) in [6, 6.07) is 4.96. The molecule has 0 aliphatic heterocycles. The number of hydrogen-bond acceptors (Lipinski definition) is 3. The van der Waals surface area contributed by atoms with Gasteiger partial charge in [0.15, 0.2) is 6.61 Å². The van der Waals surface area contributed by atoms with Gasteiger partial charge < -0.3 is 10.1 Å². The lowest BCUT2D eigenvalue weighted by atomic mass is 9.90. The molecule has 1 amide bonds. The minimum atomic E-state index is -0.956. The van der Waals surface area contributed by atoms with Gasteiger partial charge in [0.2, 0.25) is 0 Å². The number of nitriles is 1. The smallest absolute Gasteiger partial charge is 0.259 e. The Morgan fingerprint density at radius 3 is 2.43 bits per heavy atom. The van der Waals surface area contributed by atoms with E-state index in [0.29, 0.717) is 5.02 Å².